The number of nitrogens with zero attached hydrogens (tertiary/aromatic N) is 1. The second-order valence-electron chi connectivity index (χ2n) is 9.14. The van der Waals surface area contributed by atoms with E-state index in [1.165, 1.54) is 64.2 Å². The number of aliphatic carboxylic acids is 1. The SMILES string of the molecule is CCCCCCCCCCCCCCCC(=O)[C@H](C[C@H](Cl)[N+](C)(C)C)C(=O)O. The molecule has 0 aromatic heterocycles. The van der Waals surface area contributed by atoms with Gasteiger partial charge in [-0.1, -0.05) is 95.6 Å². The van der Waals surface area contributed by atoms with Crippen LogP contribution in [0.5, 0.6) is 0 Å². The zero-order chi connectivity index (χ0) is 21.4. The lowest BCUT2D eigenvalue weighted by molar-refractivity contribution is -0.883. The highest BCUT2D eigenvalue weighted by Crippen LogP contribution is 2.21. The minimum atomic E-state index is -1.04. The lowest BCUT2D eigenvalue weighted by Crippen LogP contribution is -2.44. The van der Waals surface area contributed by atoms with Gasteiger partial charge in [-0.15, -0.1) is 0 Å². The minimum absolute atomic E-state index is 0.172. The molecule has 0 spiro atoms. The van der Waals surface area contributed by atoms with Crippen molar-refractivity contribution in [3.8, 4) is 0 Å². The van der Waals surface area contributed by atoms with Gasteiger partial charge in [-0.3, -0.25) is 9.59 Å². The van der Waals surface area contributed by atoms with Crippen LogP contribution >= 0.6 is 11.6 Å². The van der Waals surface area contributed by atoms with Gasteiger partial charge in [0, 0.05) is 12.8 Å². The van der Waals surface area contributed by atoms with Gasteiger partial charge in [0.2, 0.25) is 0 Å². The highest BCUT2D eigenvalue weighted by atomic mass is 35.5. The number of hydrogen-bond donors (Lipinski definition) is 1. The molecular weight excluding hydrogens is 374 g/mol. The molecule has 0 amide bonds. The fraction of sp³-hybridized carbons (Fsp3) is 0.913. The maximum Gasteiger partial charge on any atom is 0.314 e. The van der Waals surface area contributed by atoms with E-state index in [0.717, 1.165) is 19.3 Å². The summed E-state index contributed by atoms with van der Waals surface area (Å²) in [6.45, 7) is 2.25. The number of quaternary nitrogens is 1. The van der Waals surface area contributed by atoms with E-state index in [9.17, 15) is 14.7 Å². The molecule has 4 nitrogen and oxygen atoms in total. The van der Waals surface area contributed by atoms with E-state index >= 15 is 0 Å². The monoisotopic (exact) mass is 418 g/mol. The Bertz CT molecular complexity index is 421. The Morgan fingerprint density at radius 1 is 0.786 bits per heavy atom. The van der Waals surface area contributed by atoms with Gasteiger partial charge < -0.3 is 9.59 Å². The van der Waals surface area contributed by atoms with Gasteiger partial charge >= 0.3 is 5.97 Å². The van der Waals surface area contributed by atoms with Gasteiger partial charge in [0.15, 0.2) is 5.50 Å². The van der Waals surface area contributed by atoms with Crippen molar-refractivity contribution < 1.29 is 19.2 Å². The van der Waals surface area contributed by atoms with Crippen LogP contribution in [0.1, 0.15) is 103 Å². The number of unbranched alkanes of at least 4 members (excludes halogenated alkanes) is 12. The number of alkyl halides is 1. The summed E-state index contributed by atoms with van der Waals surface area (Å²) in [4.78, 5) is 23.8. The summed E-state index contributed by atoms with van der Waals surface area (Å²) in [5, 5.41) is 9.38. The molecule has 5 heteroatoms. The predicted octanol–water partition coefficient (Wildman–Crippen LogP) is 6.40. The normalized spacial score (nSPS) is 14.0. The van der Waals surface area contributed by atoms with E-state index in [1.807, 2.05) is 21.1 Å². The van der Waals surface area contributed by atoms with Crippen molar-refractivity contribution in [2.24, 2.45) is 5.92 Å². The van der Waals surface area contributed by atoms with Crippen LogP contribution < -0.4 is 0 Å². The zero-order valence-electron chi connectivity index (χ0n) is 18.9. The van der Waals surface area contributed by atoms with Crippen molar-refractivity contribution in [3.05, 3.63) is 0 Å². The van der Waals surface area contributed by atoms with Crippen LogP contribution in [-0.2, 0) is 9.59 Å². The number of hydrogen-bond acceptors (Lipinski definition) is 2. The first-order valence-corrected chi connectivity index (χ1v) is 11.8. The molecule has 0 aromatic rings. The first kappa shape index (κ1) is 27.4. The quantitative estimate of drug-likeness (QED) is 0.0867. The summed E-state index contributed by atoms with van der Waals surface area (Å²) < 4.78 is 0.442. The van der Waals surface area contributed by atoms with Crippen LogP contribution in [-0.4, -0.2) is 48.0 Å². The number of carboxylic acid groups (broad SMARTS) is 1. The number of carboxylic acids is 1. The van der Waals surface area contributed by atoms with Crippen molar-refractivity contribution in [3.63, 3.8) is 0 Å². The molecule has 0 saturated heterocycles. The highest BCUT2D eigenvalue weighted by molar-refractivity contribution is 6.20. The maximum atomic E-state index is 12.3. The topological polar surface area (TPSA) is 54.4 Å². The summed E-state index contributed by atoms with van der Waals surface area (Å²) in [7, 11) is 5.73. The molecule has 0 heterocycles. The molecule has 0 bridgehead atoms. The number of carbonyl (C=O) groups excluding carboxylic acids is 1. The molecule has 0 rings (SSSR count). The van der Waals surface area contributed by atoms with Crippen molar-refractivity contribution in [1.29, 1.82) is 0 Å². The second-order valence-corrected chi connectivity index (χ2v) is 9.64. The van der Waals surface area contributed by atoms with Crippen molar-refractivity contribution >= 4 is 23.4 Å². The largest absolute Gasteiger partial charge is 0.481 e. The molecule has 0 aliphatic carbocycles. The fourth-order valence-corrected chi connectivity index (χ4v) is 3.55. The van der Waals surface area contributed by atoms with Gasteiger partial charge in [-0.05, 0) is 6.42 Å². The number of Topliss-reactive ketones (excluding diaryl/α,β-unsaturated/α-hetero) is 1. The van der Waals surface area contributed by atoms with E-state index in [1.54, 1.807) is 0 Å². The van der Waals surface area contributed by atoms with Crippen LogP contribution in [0.25, 0.3) is 0 Å². The molecule has 28 heavy (non-hydrogen) atoms. The molecule has 0 aliphatic rings. The Morgan fingerprint density at radius 3 is 1.54 bits per heavy atom. The third-order valence-corrected chi connectivity index (χ3v) is 6.25. The van der Waals surface area contributed by atoms with Crippen LogP contribution in [0.4, 0.5) is 0 Å². The average Bonchev–Trinajstić information content (AvgIpc) is 2.62. The summed E-state index contributed by atoms with van der Waals surface area (Å²) in [6.07, 6.45) is 16.8. The average molecular weight is 419 g/mol. The molecular formula is C23H45ClNO3+. The Kier molecular flexibility index (Phi) is 15.9. The number of halogens is 1. The summed E-state index contributed by atoms with van der Waals surface area (Å²) in [5.41, 5.74) is -0.378. The smallest absolute Gasteiger partial charge is 0.314 e. The lowest BCUT2D eigenvalue weighted by atomic mass is 9.95. The van der Waals surface area contributed by atoms with Gasteiger partial charge in [-0.2, -0.15) is 0 Å². The highest BCUT2D eigenvalue weighted by Gasteiger charge is 2.33. The molecule has 0 unspecified atom stereocenters. The standard InChI is InChI=1S/C23H44ClNO3/c1-5-6-7-8-9-10-11-12-13-14-15-16-17-18-21(26)20(23(27)28)19-22(24)25(2,3)4/h20,22H,5-19H2,1-4H3/p+1/t20-,22+/m0/s1. The lowest BCUT2D eigenvalue weighted by Gasteiger charge is -2.30. The summed E-state index contributed by atoms with van der Waals surface area (Å²) >= 11 is 6.28. The second kappa shape index (κ2) is 16.2. The van der Waals surface area contributed by atoms with E-state index < -0.39 is 11.9 Å². The minimum Gasteiger partial charge on any atom is -0.481 e. The number of rotatable bonds is 19. The van der Waals surface area contributed by atoms with Crippen molar-refractivity contribution in [2.45, 2.75) is 109 Å². The first-order chi connectivity index (χ1) is 13.2. The zero-order valence-corrected chi connectivity index (χ0v) is 19.6. The van der Waals surface area contributed by atoms with E-state index in [4.69, 9.17) is 11.6 Å². The number of carbonyl (C=O) groups is 2. The summed E-state index contributed by atoms with van der Waals surface area (Å²) in [6, 6.07) is 0. The van der Waals surface area contributed by atoms with Gasteiger partial charge in [0.1, 0.15) is 11.7 Å². The van der Waals surface area contributed by atoms with E-state index in [2.05, 4.69) is 6.92 Å². The predicted molar refractivity (Wildman–Crippen MR) is 119 cm³/mol. The van der Waals surface area contributed by atoms with Gasteiger partial charge in [-0.25, -0.2) is 0 Å². The van der Waals surface area contributed by atoms with E-state index in [0.29, 0.717) is 10.9 Å². The Hall–Kier alpha value is -0.610. The molecule has 166 valence electrons. The molecule has 0 fully saturated rings. The van der Waals surface area contributed by atoms with Crippen LogP contribution in [0, 0.1) is 5.92 Å². The molecule has 1 N–H and O–H groups in total. The third-order valence-electron chi connectivity index (χ3n) is 5.48. The molecule has 2 atom stereocenters. The Balaban J connectivity index is 3.75. The van der Waals surface area contributed by atoms with E-state index in [-0.39, 0.29) is 17.7 Å². The maximum absolute atomic E-state index is 12.3. The Labute approximate surface area is 178 Å². The number of ketones is 1. The van der Waals surface area contributed by atoms with Crippen LogP contribution in [0.15, 0.2) is 0 Å². The Morgan fingerprint density at radius 2 is 1.18 bits per heavy atom. The first-order valence-electron chi connectivity index (χ1n) is 11.4. The molecule has 0 saturated carbocycles. The van der Waals surface area contributed by atoms with Crippen LogP contribution in [0.3, 0.4) is 0 Å². The molecule has 0 aromatic carbocycles. The van der Waals surface area contributed by atoms with Gasteiger partial charge in [0.25, 0.3) is 0 Å². The molecule has 0 aliphatic heterocycles. The summed E-state index contributed by atoms with van der Waals surface area (Å²) in [5.74, 6) is -2.19. The third kappa shape index (κ3) is 14.4. The fourth-order valence-electron chi connectivity index (χ4n) is 3.37. The van der Waals surface area contributed by atoms with Crippen LogP contribution in [0.2, 0.25) is 0 Å². The van der Waals surface area contributed by atoms with Crippen molar-refractivity contribution in [2.75, 3.05) is 21.1 Å². The molecule has 0 radical (unpaired) electrons. The van der Waals surface area contributed by atoms with Crippen molar-refractivity contribution in [1.82, 2.24) is 0 Å². The van der Waals surface area contributed by atoms with Gasteiger partial charge in [0.05, 0.1) is 21.1 Å².